The standard InChI is InChI=1S/C40H54O8/c1-35-15-13-29-25(27(35)9-11-31(35)41)7-5-23-21-37(45,17-19-39(23,29)33(43)47-3)38(46)18-20-40(34(44)48-4)24(22-38)6-8-26-28-10-12-32(42)36(28,2)16-14-30(26)40/h21-22,25-30,45-46H,5-20H2,1-4H3/t25-,26-,27-,28-,29-,30-,35-,36-,37-,38+,39+,40+/m0/s1. The van der Waals surface area contributed by atoms with Crippen molar-refractivity contribution < 1.29 is 38.9 Å². The third-order valence-corrected chi connectivity index (χ3v) is 16.7. The molecule has 262 valence electrons. The normalized spacial score (nSPS) is 50.8. The van der Waals surface area contributed by atoms with E-state index in [9.17, 15) is 29.4 Å². The first-order valence-corrected chi connectivity index (χ1v) is 18.9. The topological polar surface area (TPSA) is 127 Å². The zero-order chi connectivity index (χ0) is 34.1. The maximum atomic E-state index is 13.9. The van der Waals surface area contributed by atoms with Gasteiger partial charge in [0.2, 0.25) is 0 Å². The van der Waals surface area contributed by atoms with Crippen LogP contribution in [0.2, 0.25) is 0 Å². The third-order valence-electron chi connectivity index (χ3n) is 16.7. The van der Waals surface area contributed by atoms with Gasteiger partial charge in [0, 0.05) is 23.7 Å². The van der Waals surface area contributed by atoms with E-state index in [2.05, 4.69) is 13.8 Å². The minimum atomic E-state index is -1.60. The molecule has 0 radical (unpaired) electrons. The number of ketones is 2. The molecule has 0 aromatic heterocycles. The first kappa shape index (κ1) is 32.9. The first-order valence-electron chi connectivity index (χ1n) is 18.9. The molecule has 8 aliphatic rings. The molecule has 8 rings (SSSR count). The Kier molecular flexibility index (Phi) is 7.26. The highest BCUT2D eigenvalue weighted by Crippen LogP contribution is 2.69. The second kappa shape index (κ2) is 10.6. The van der Waals surface area contributed by atoms with Crippen molar-refractivity contribution in [2.24, 2.45) is 57.2 Å². The van der Waals surface area contributed by atoms with Gasteiger partial charge in [-0.05, 0) is 138 Å². The maximum absolute atomic E-state index is 13.9. The molecule has 0 saturated heterocycles. The fourth-order valence-electron chi connectivity index (χ4n) is 14.1. The number of fused-ring (bicyclic) bond motifs is 10. The zero-order valence-electron chi connectivity index (χ0n) is 29.3. The molecule has 2 N–H and O–H groups in total. The molecule has 0 aromatic carbocycles. The predicted molar refractivity (Wildman–Crippen MR) is 176 cm³/mol. The number of rotatable bonds is 3. The lowest BCUT2D eigenvalue weighted by Gasteiger charge is -2.60. The van der Waals surface area contributed by atoms with Crippen molar-refractivity contribution in [3.8, 4) is 0 Å². The summed E-state index contributed by atoms with van der Waals surface area (Å²) in [4.78, 5) is 53.8. The Balaban J connectivity index is 1.15. The van der Waals surface area contributed by atoms with Gasteiger partial charge >= 0.3 is 11.9 Å². The maximum Gasteiger partial charge on any atom is 0.316 e. The molecule has 0 spiro atoms. The number of Topliss-reactive ketones (excluding diaryl/α,β-unsaturated/α-hetero) is 2. The van der Waals surface area contributed by atoms with E-state index in [0.717, 1.165) is 62.5 Å². The van der Waals surface area contributed by atoms with Crippen molar-refractivity contribution in [1.82, 2.24) is 0 Å². The summed E-state index contributed by atoms with van der Waals surface area (Å²) in [6.45, 7) is 4.26. The Morgan fingerprint density at radius 2 is 0.979 bits per heavy atom. The average molecular weight is 663 g/mol. The van der Waals surface area contributed by atoms with Crippen LogP contribution in [0.25, 0.3) is 0 Å². The lowest BCUT2D eigenvalue weighted by molar-refractivity contribution is -0.176. The Hall–Kier alpha value is -2.32. The van der Waals surface area contributed by atoms with Crippen molar-refractivity contribution in [1.29, 1.82) is 0 Å². The Morgan fingerprint density at radius 3 is 1.35 bits per heavy atom. The number of esters is 2. The van der Waals surface area contributed by atoms with E-state index in [-0.39, 0.29) is 71.1 Å². The van der Waals surface area contributed by atoms with Gasteiger partial charge in [0.1, 0.15) is 22.8 Å². The van der Waals surface area contributed by atoms with E-state index in [1.165, 1.54) is 14.2 Å². The van der Waals surface area contributed by atoms with Crippen LogP contribution in [0.5, 0.6) is 0 Å². The molecule has 12 atom stereocenters. The van der Waals surface area contributed by atoms with Crippen molar-refractivity contribution >= 4 is 23.5 Å². The van der Waals surface area contributed by atoms with Crippen LogP contribution < -0.4 is 0 Å². The molecule has 8 aliphatic carbocycles. The summed E-state index contributed by atoms with van der Waals surface area (Å²) in [6, 6.07) is 0. The predicted octanol–water partition coefficient (Wildman–Crippen LogP) is 5.82. The highest BCUT2D eigenvalue weighted by molar-refractivity contribution is 5.88. The molecular formula is C40H54O8. The molecule has 0 aliphatic heterocycles. The van der Waals surface area contributed by atoms with E-state index in [0.29, 0.717) is 50.1 Å². The fourth-order valence-corrected chi connectivity index (χ4v) is 14.1. The molecule has 8 heteroatoms. The summed E-state index contributed by atoms with van der Waals surface area (Å²) in [7, 11) is 2.89. The molecule has 0 bridgehead atoms. The van der Waals surface area contributed by atoms with Crippen molar-refractivity contribution in [2.45, 2.75) is 128 Å². The van der Waals surface area contributed by atoms with Gasteiger partial charge in [0.05, 0.1) is 25.0 Å². The summed E-state index contributed by atoms with van der Waals surface area (Å²) in [5.74, 6) is 1.32. The number of hydrogen-bond acceptors (Lipinski definition) is 8. The monoisotopic (exact) mass is 662 g/mol. The minimum absolute atomic E-state index is 0.0412. The molecule has 0 aromatic rings. The summed E-state index contributed by atoms with van der Waals surface area (Å²) in [6.07, 6.45) is 13.9. The smallest absolute Gasteiger partial charge is 0.316 e. The Bertz CT molecular complexity index is 1420. The van der Waals surface area contributed by atoms with Gasteiger partial charge in [-0.3, -0.25) is 19.2 Å². The molecule has 0 amide bonds. The summed E-state index contributed by atoms with van der Waals surface area (Å²) in [5, 5.41) is 25.1. The number of aliphatic hydroxyl groups is 2. The largest absolute Gasteiger partial charge is 0.468 e. The Morgan fingerprint density at radius 1 is 0.583 bits per heavy atom. The van der Waals surface area contributed by atoms with E-state index >= 15 is 0 Å². The van der Waals surface area contributed by atoms with Crippen LogP contribution in [-0.4, -0.2) is 59.1 Å². The zero-order valence-corrected chi connectivity index (χ0v) is 29.3. The van der Waals surface area contributed by atoms with Crippen LogP contribution in [0.4, 0.5) is 0 Å². The molecule has 0 unspecified atom stereocenters. The van der Waals surface area contributed by atoms with Crippen LogP contribution in [-0.2, 0) is 28.7 Å². The van der Waals surface area contributed by atoms with Gasteiger partial charge < -0.3 is 19.7 Å². The van der Waals surface area contributed by atoms with Gasteiger partial charge in [0.15, 0.2) is 0 Å². The number of ether oxygens (including phenoxy) is 2. The second-order valence-electron chi connectivity index (χ2n) is 17.8. The van der Waals surface area contributed by atoms with Gasteiger partial charge in [0.25, 0.3) is 0 Å². The van der Waals surface area contributed by atoms with E-state index in [4.69, 9.17) is 9.47 Å². The van der Waals surface area contributed by atoms with Crippen LogP contribution in [0.1, 0.15) is 117 Å². The average Bonchev–Trinajstić information content (AvgIpc) is 3.57. The summed E-state index contributed by atoms with van der Waals surface area (Å²) < 4.78 is 11.1. The second-order valence-corrected chi connectivity index (χ2v) is 17.8. The van der Waals surface area contributed by atoms with E-state index in [1.807, 2.05) is 12.2 Å². The van der Waals surface area contributed by atoms with Crippen molar-refractivity contribution in [3.63, 3.8) is 0 Å². The van der Waals surface area contributed by atoms with E-state index < -0.39 is 22.0 Å². The highest BCUT2D eigenvalue weighted by atomic mass is 16.5. The van der Waals surface area contributed by atoms with Gasteiger partial charge in [-0.1, -0.05) is 25.0 Å². The fraction of sp³-hybridized carbons (Fsp3) is 0.800. The van der Waals surface area contributed by atoms with Crippen LogP contribution >= 0.6 is 0 Å². The highest BCUT2D eigenvalue weighted by Gasteiger charge is 2.68. The molecule has 6 saturated carbocycles. The SMILES string of the molecule is COC(=O)[C@]12CC[C@@](O)([C@]3(O)C=C4CC[C@@H]5[C@H](CC[C@]6(C)C(=O)CC[C@@H]56)[C@@]4(C(=O)OC)CC3)C=C1CC[C@@H]1[C@@H]2CC[C@]2(C)C(=O)CC[C@@H]12. The van der Waals surface area contributed by atoms with Crippen LogP contribution in [0, 0.1) is 57.2 Å². The van der Waals surface area contributed by atoms with Crippen LogP contribution in [0.3, 0.4) is 0 Å². The number of methoxy groups -OCH3 is 2. The van der Waals surface area contributed by atoms with Gasteiger partial charge in [-0.25, -0.2) is 0 Å². The molecular weight excluding hydrogens is 608 g/mol. The molecule has 0 heterocycles. The number of hydrogen-bond donors (Lipinski definition) is 2. The van der Waals surface area contributed by atoms with E-state index in [1.54, 1.807) is 0 Å². The van der Waals surface area contributed by atoms with Gasteiger partial charge in [-0.15, -0.1) is 0 Å². The van der Waals surface area contributed by atoms with Crippen molar-refractivity contribution in [3.05, 3.63) is 23.3 Å². The third kappa shape index (κ3) is 3.91. The lowest BCUT2D eigenvalue weighted by atomic mass is 9.44. The molecule has 6 fully saturated rings. The summed E-state index contributed by atoms with van der Waals surface area (Å²) in [5.41, 5.74) is -3.82. The Labute approximate surface area is 284 Å². The minimum Gasteiger partial charge on any atom is -0.468 e. The molecule has 48 heavy (non-hydrogen) atoms. The summed E-state index contributed by atoms with van der Waals surface area (Å²) >= 11 is 0. The molecule has 8 nitrogen and oxygen atoms in total. The first-order chi connectivity index (χ1) is 22.7. The van der Waals surface area contributed by atoms with Gasteiger partial charge in [-0.2, -0.15) is 0 Å². The number of carbonyl (C=O) groups excluding carboxylic acids is 4. The van der Waals surface area contributed by atoms with Crippen LogP contribution in [0.15, 0.2) is 23.3 Å². The lowest BCUT2D eigenvalue weighted by Crippen LogP contribution is -2.63. The quantitative estimate of drug-likeness (QED) is 0.286. The van der Waals surface area contributed by atoms with Crippen molar-refractivity contribution in [2.75, 3.05) is 14.2 Å². The number of carbonyl (C=O) groups is 4.